The summed E-state index contributed by atoms with van der Waals surface area (Å²) < 4.78 is 29.0. The third-order valence-electron chi connectivity index (χ3n) is 4.69. The molecule has 0 N–H and O–H groups in total. The molecule has 0 unspecified atom stereocenters. The van der Waals surface area contributed by atoms with Crippen LogP contribution in [0.1, 0.15) is 46.2 Å². The molecule has 33 heavy (non-hydrogen) atoms. The molecule has 0 radical (unpaired) electrons. The van der Waals surface area contributed by atoms with Crippen molar-refractivity contribution >= 4 is 11.6 Å². The summed E-state index contributed by atoms with van der Waals surface area (Å²) in [5.41, 5.74) is 0.742. The van der Waals surface area contributed by atoms with Gasteiger partial charge in [0.2, 0.25) is 0 Å². The van der Waals surface area contributed by atoms with E-state index in [-0.39, 0.29) is 23.4 Å². The molecule has 0 bridgehead atoms. The number of carbonyl (C=O) groups is 2. The van der Waals surface area contributed by atoms with E-state index in [4.69, 9.17) is 23.7 Å². The highest BCUT2D eigenvalue weighted by Gasteiger charge is 2.07. The molecule has 1 aromatic rings. The fourth-order valence-electron chi connectivity index (χ4n) is 2.53. The summed E-state index contributed by atoms with van der Waals surface area (Å²) >= 11 is 0. The first-order chi connectivity index (χ1) is 15.9. The molecule has 0 saturated carbocycles. The highest BCUT2D eigenvalue weighted by Crippen LogP contribution is 2.00. The summed E-state index contributed by atoms with van der Waals surface area (Å²) in [6, 6.07) is 0. The Hall–Kier alpha value is -1.72. The van der Waals surface area contributed by atoms with Crippen molar-refractivity contribution in [3.05, 3.63) is 11.9 Å². The van der Waals surface area contributed by atoms with Crippen LogP contribution in [-0.4, -0.2) is 86.0 Å². The Morgan fingerprint density at radius 2 is 1.18 bits per heavy atom. The van der Waals surface area contributed by atoms with Crippen LogP contribution in [0.15, 0.2) is 6.20 Å². The summed E-state index contributed by atoms with van der Waals surface area (Å²) in [7, 11) is 0. The van der Waals surface area contributed by atoms with Gasteiger partial charge in [-0.25, -0.2) is 4.68 Å². The van der Waals surface area contributed by atoms with Crippen molar-refractivity contribution in [3.63, 3.8) is 0 Å². The van der Waals surface area contributed by atoms with Crippen LogP contribution < -0.4 is 0 Å². The number of carbonyl (C=O) groups excluding carboxylic acids is 2. The second-order valence-electron chi connectivity index (χ2n) is 8.22. The van der Waals surface area contributed by atoms with Gasteiger partial charge in [-0.2, -0.15) is 0 Å². The van der Waals surface area contributed by atoms with Gasteiger partial charge >= 0.3 is 0 Å². The van der Waals surface area contributed by atoms with E-state index in [1.54, 1.807) is 4.68 Å². The van der Waals surface area contributed by atoms with Gasteiger partial charge in [0, 0.05) is 24.7 Å². The molecule has 0 fully saturated rings. The molecule has 10 heteroatoms. The fourth-order valence-corrected chi connectivity index (χ4v) is 2.53. The second-order valence-corrected chi connectivity index (χ2v) is 8.22. The zero-order valence-corrected chi connectivity index (χ0v) is 20.6. The Bertz CT molecular complexity index is 650. The normalized spacial score (nSPS) is 11.6. The average molecular weight is 472 g/mol. The zero-order chi connectivity index (χ0) is 24.3. The van der Waals surface area contributed by atoms with Crippen molar-refractivity contribution in [1.82, 2.24) is 15.0 Å². The van der Waals surface area contributed by atoms with Gasteiger partial charge in [-0.05, 0) is 0 Å². The van der Waals surface area contributed by atoms with Gasteiger partial charge < -0.3 is 23.7 Å². The predicted molar refractivity (Wildman–Crippen MR) is 122 cm³/mol. The molecule has 1 aromatic heterocycles. The SMILES string of the molecule is CC(C)C(=O)CCOCCOCCOCc1cn(CCOCCOCCC(=O)C(C)C)nn1. The van der Waals surface area contributed by atoms with E-state index in [0.717, 1.165) is 5.69 Å². The third-order valence-corrected chi connectivity index (χ3v) is 4.69. The van der Waals surface area contributed by atoms with Gasteiger partial charge in [-0.15, -0.1) is 5.10 Å². The quantitative estimate of drug-likeness (QED) is 0.235. The molecule has 1 heterocycles. The minimum Gasteiger partial charge on any atom is -0.379 e. The first kappa shape index (κ1) is 29.3. The number of rotatable bonds is 22. The van der Waals surface area contributed by atoms with Gasteiger partial charge in [-0.1, -0.05) is 32.9 Å². The molecule has 0 aliphatic heterocycles. The number of nitrogens with zero attached hydrogens (tertiary/aromatic N) is 3. The van der Waals surface area contributed by atoms with Crippen molar-refractivity contribution in [3.8, 4) is 0 Å². The Labute approximate surface area is 197 Å². The summed E-state index contributed by atoms with van der Waals surface area (Å²) in [5.74, 6) is 0.541. The van der Waals surface area contributed by atoms with Gasteiger partial charge in [0.05, 0.1) is 78.8 Å². The molecule has 10 nitrogen and oxygen atoms in total. The van der Waals surface area contributed by atoms with Crippen LogP contribution in [0.3, 0.4) is 0 Å². The van der Waals surface area contributed by atoms with E-state index in [9.17, 15) is 9.59 Å². The third kappa shape index (κ3) is 15.7. The number of hydrogen-bond donors (Lipinski definition) is 0. The standard InChI is InChI=1S/C23H41N3O7/c1-19(2)22(27)5-8-29-11-13-31-10-7-26-17-21(24-25-26)18-33-16-15-32-14-12-30-9-6-23(28)20(3)4/h17,19-20H,5-16,18H2,1-4H3. The molecule has 0 spiro atoms. The van der Waals surface area contributed by atoms with Crippen molar-refractivity contribution < 1.29 is 33.3 Å². The lowest BCUT2D eigenvalue weighted by Crippen LogP contribution is -2.13. The Kier molecular flexibility index (Phi) is 16.6. The maximum atomic E-state index is 11.5. The van der Waals surface area contributed by atoms with Crippen LogP contribution in [0.25, 0.3) is 0 Å². The van der Waals surface area contributed by atoms with E-state index >= 15 is 0 Å². The lowest BCUT2D eigenvalue weighted by molar-refractivity contribution is -0.123. The van der Waals surface area contributed by atoms with E-state index in [1.807, 2.05) is 33.9 Å². The molecule has 0 aliphatic carbocycles. The molecule has 0 amide bonds. The Morgan fingerprint density at radius 3 is 1.70 bits per heavy atom. The van der Waals surface area contributed by atoms with E-state index < -0.39 is 0 Å². The first-order valence-electron chi connectivity index (χ1n) is 11.7. The van der Waals surface area contributed by atoms with Gasteiger partial charge in [-0.3, -0.25) is 9.59 Å². The minimum absolute atomic E-state index is 0.0558. The van der Waals surface area contributed by atoms with Crippen LogP contribution >= 0.6 is 0 Å². The fraction of sp³-hybridized carbons (Fsp3) is 0.826. The lowest BCUT2D eigenvalue weighted by atomic mass is 10.1. The number of aromatic nitrogens is 3. The highest BCUT2D eigenvalue weighted by molar-refractivity contribution is 5.80. The van der Waals surface area contributed by atoms with Gasteiger partial charge in [0.1, 0.15) is 17.3 Å². The molecule has 0 aliphatic rings. The largest absolute Gasteiger partial charge is 0.379 e. The van der Waals surface area contributed by atoms with Crippen molar-refractivity contribution in [1.29, 1.82) is 0 Å². The smallest absolute Gasteiger partial charge is 0.137 e. The van der Waals surface area contributed by atoms with E-state index in [0.29, 0.717) is 85.5 Å². The zero-order valence-electron chi connectivity index (χ0n) is 20.6. The van der Waals surface area contributed by atoms with E-state index in [1.165, 1.54) is 0 Å². The Morgan fingerprint density at radius 1 is 0.727 bits per heavy atom. The average Bonchev–Trinajstić information content (AvgIpc) is 3.23. The van der Waals surface area contributed by atoms with Crippen molar-refractivity contribution in [2.24, 2.45) is 11.8 Å². The number of Topliss-reactive ketones (excluding diaryl/α,β-unsaturated/α-hetero) is 2. The molecule has 190 valence electrons. The predicted octanol–water partition coefficient (Wildman–Crippen LogP) is 2.09. The maximum Gasteiger partial charge on any atom is 0.137 e. The van der Waals surface area contributed by atoms with Crippen LogP contribution in [0.5, 0.6) is 0 Å². The molecule has 0 saturated heterocycles. The van der Waals surface area contributed by atoms with E-state index in [2.05, 4.69) is 10.3 Å². The second kappa shape index (κ2) is 18.7. The summed E-state index contributed by atoms with van der Waals surface area (Å²) in [6.45, 7) is 12.7. The van der Waals surface area contributed by atoms with Crippen LogP contribution in [0, 0.1) is 11.8 Å². The molecule has 0 aromatic carbocycles. The summed E-state index contributed by atoms with van der Waals surface area (Å²) in [5, 5.41) is 8.11. The molecular formula is C23H41N3O7. The van der Waals surface area contributed by atoms with Crippen molar-refractivity contribution in [2.75, 3.05) is 59.5 Å². The minimum atomic E-state index is 0.0558. The van der Waals surface area contributed by atoms with Crippen LogP contribution in [-0.2, 0) is 46.4 Å². The molecular weight excluding hydrogens is 430 g/mol. The van der Waals surface area contributed by atoms with Gasteiger partial charge in [0.15, 0.2) is 0 Å². The number of hydrogen-bond acceptors (Lipinski definition) is 9. The Balaban J connectivity index is 1.92. The highest BCUT2D eigenvalue weighted by atomic mass is 16.5. The van der Waals surface area contributed by atoms with Crippen LogP contribution in [0.4, 0.5) is 0 Å². The lowest BCUT2D eigenvalue weighted by Gasteiger charge is -2.07. The molecule has 0 atom stereocenters. The summed E-state index contributed by atoms with van der Waals surface area (Å²) in [4.78, 5) is 22.9. The monoisotopic (exact) mass is 471 g/mol. The van der Waals surface area contributed by atoms with Gasteiger partial charge in [0.25, 0.3) is 0 Å². The molecule has 1 rings (SSSR count). The maximum absolute atomic E-state index is 11.5. The summed E-state index contributed by atoms with van der Waals surface area (Å²) in [6.07, 6.45) is 2.72. The number of ether oxygens (including phenoxy) is 5. The topological polar surface area (TPSA) is 111 Å². The number of ketones is 2. The van der Waals surface area contributed by atoms with Crippen molar-refractivity contribution in [2.45, 2.75) is 53.7 Å². The first-order valence-corrected chi connectivity index (χ1v) is 11.7. The van der Waals surface area contributed by atoms with Crippen LogP contribution in [0.2, 0.25) is 0 Å².